The SMILES string of the molecule is CCOC(=O)[C@@H]1CCCCN1C(=O)CSc1ccc2ccccc2n1. The number of pyridine rings is 1. The van der Waals surface area contributed by atoms with Crippen LogP contribution in [0.2, 0.25) is 0 Å². The Morgan fingerprint density at radius 3 is 2.92 bits per heavy atom. The van der Waals surface area contributed by atoms with Crippen molar-refractivity contribution in [3.05, 3.63) is 36.4 Å². The third kappa shape index (κ3) is 4.31. The molecule has 1 aromatic carbocycles. The van der Waals surface area contributed by atoms with Crippen molar-refractivity contribution in [2.75, 3.05) is 18.9 Å². The molecule has 1 atom stereocenters. The van der Waals surface area contributed by atoms with Crippen molar-refractivity contribution in [1.29, 1.82) is 0 Å². The Morgan fingerprint density at radius 2 is 2.08 bits per heavy atom. The number of aromatic nitrogens is 1. The van der Waals surface area contributed by atoms with Gasteiger partial charge in [0.15, 0.2) is 0 Å². The lowest BCUT2D eigenvalue weighted by Crippen LogP contribution is -2.49. The van der Waals surface area contributed by atoms with Gasteiger partial charge in [-0.3, -0.25) is 4.79 Å². The van der Waals surface area contributed by atoms with Crippen LogP contribution in [0.4, 0.5) is 0 Å². The Hall–Kier alpha value is -2.08. The lowest BCUT2D eigenvalue weighted by Gasteiger charge is -2.33. The molecule has 25 heavy (non-hydrogen) atoms. The van der Waals surface area contributed by atoms with Crippen molar-refractivity contribution < 1.29 is 14.3 Å². The van der Waals surface area contributed by atoms with Gasteiger partial charge in [-0.15, -0.1) is 0 Å². The molecular formula is C19H22N2O3S. The van der Waals surface area contributed by atoms with Gasteiger partial charge >= 0.3 is 5.97 Å². The van der Waals surface area contributed by atoms with Crippen LogP contribution in [0.3, 0.4) is 0 Å². The number of para-hydroxylation sites is 1. The molecular weight excluding hydrogens is 336 g/mol. The fourth-order valence-electron chi connectivity index (χ4n) is 3.06. The Morgan fingerprint density at radius 1 is 1.24 bits per heavy atom. The average molecular weight is 358 g/mol. The first-order valence-electron chi connectivity index (χ1n) is 8.63. The molecule has 0 saturated carbocycles. The number of carbonyl (C=O) groups is 2. The van der Waals surface area contributed by atoms with Crippen LogP contribution in [0.1, 0.15) is 26.2 Å². The summed E-state index contributed by atoms with van der Waals surface area (Å²) in [4.78, 5) is 31.0. The van der Waals surface area contributed by atoms with Crippen molar-refractivity contribution in [1.82, 2.24) is 9.88 Å². The van der Waals surface area contributed by atoms with Gasteiger partial charge in [-0.1, -0.05) is 36.0 Å². The summed E-state index contributed by atoms with van der Waals surface area (Å²) in [5, 5.41) is 1.90. The Bertz CT molecular complexity index is 765. The van der Waals surface area contributed by atoms with Crippen molar-refractivity contribution in [2.24, 2.45) is 0 Å². The van der Waals surface area contributed by atoms with E-state index in [-0.39, 0.29) is 17.6 Å². The van der Waals surface area contributed by atoms with Crippen LogP contribution in [-0.2, 0) is 14.3 Å². The van der Waals surface area contributed by atoms with Gasteiger partial charge in [0.25, 0.3) is 0 Å². The molecule has 0 spiro atoms. The van der Waals surface area contributed by atoms with E-state index >= 15 is 0 Å². The van der Waals surface area contributed by atoms with Gasteiger partial charge < -0.3 is 9.64 Å². The Kier molecular flexibility index (Phi) is 5.91. The zero-order chi connectivity index (χ0) is 17.6. The van der Waals surface area contributed by atoms with Gasteiger partial charge in [-0.05, 0) is 38.3 Å². The molecule has 1 fully saturated rings. The second-order valence-electron chi connectivity index (χ2n) is 5.98. The van der Waals surface area contributed by atoms with Gasteiger partial charge in [0, 0.05) is 11.9 Å². The molecule has 132 valence electrons. The van der Waals surface area contributed by atoms with Crippen molar-refractivity contribution in [3.63, 3.8) is 0 Å². The monoisotopic (exact) mass is 358 g/mol. The number of rotatable bonds is 5. The summed E-state index contributed by atoms with van der Waals surface area (Å²) >= 11 is 1.41. The van der Waals surface area contributed by atoms with E-state index in [1.165, 1.54) is 11.8 Å². The highest BCUT2D eigenvalue weighted by Crippen LogP contribution is 2.23. The summed E-state index contributed by atoms with van der Waals surface area (Å²) < 4.78 is 5.12. The van der Waals surface area contributed by atoms with Crippen LogP contribution in [0.15, 0.2) is 41.4 Å². The minimum atomic E-state index is -0.439. The second-order valence-corrected chi connectivity index (χ2v) is 6.98. The number of esters is 1. The first-order valence-corrected chi connectivity index (χ1v) is 9.62. The number of ether oxygens (including phenoxy) is 1. The number of nitrogens with zero attached hydrogens (tertiary/aromatic N) is 2. The number of thioether (sulfide) groups is 1. The standard InChI is InChI=1S/C19H22N2O3S/c1-2-24-19(23)16-9-5-6-12-21(16)18(22)13-25-17-11-10-14-7-3-4-8-15(14)20-17/h3-4,7-8,10-11,16H,2,5-6,9,12-13H2,1H3/t16-/m0/s1. The lowest BCUT2D eigenvalue weighted by atomic mass is 10.0. The molecule has 3 rings (SSSR count). The lowest BCUT2D eigenvalue weighted by molar-refractivity contribution is -0.155. The van der Waals surface area contributed by atoms with Gasteiger partial charge in [0.1, 0.15) is 6.04 Å². The van der Waals surface area contributed by atoms with Gasteiger partial charge in [0.2, 0.25) is 5.91 Å². The number of hydrogen-bond donors (Lipinski definition) is 0. The Balaban J connectivity index is 1.64. The van der Waals surface area contributed by atoms with Gasteiger partial charge in [-0.25, -0.2) is 9.78 Å². The molecule has 1 saturated heterocycles. The summed E-state index contributed by atoms with van der Waals surface area (Å²) in [5.74, 6) is -0.0385. The van der Waals surface area contributed by atoms with E-state index in [1.54, 1.807) is 11.8 Å². The molecule has 2 aromatic rings. The highest BCUT2D eigenvalue weighted by molar-refractivity contribution is 7.99. The van der Waals surface area contributed by atoms with E-state index in [0.29, 0.717) is 19.6 Å². The van der Waals surface area contributed by atoms with Crippen molar-refractivity contribution >= 4 is 34.5 Å². The topological polar surface area (TPSA) is 59.5 Å². The molecule has 6 heteroatoms. The third-order valence-corrected chi connectivity index (χ3v) is 5.21. The molecule has 1 aliphatic heterocycles. The minimum absolute atomic E-state index is 0.0299. The molecule has 1 aromatic heterocycles. The third-order valence-electron chi connectivity index (χ3n) is 4.30. The van der Waals surface area contributed by atoms with E-state index in [2.05, 4.69) is 4.98 Å². The zero-order valence-electron chi connectivity index (χ0n) is 14.3. The number of carbonyl (C=O) groups excluding carboxylic acids is 2. The summed E-state index contributed by atoms with van der Waals surface area (Å²) in [6, 6.07) is 11.4. The largest absolute Gasteiger partial charge is 0.464 e. The molecule has 0 unspecified atom stereocenters. The fourth-order valence-corrected chi connectivity index (χ4v) is 3.82. The molecule has 0 aliphatic carbocycles. The van der Waals surface area contributed by atoms with E-state index in [9.17, 15) is 9.59 Å². The smallest absolute Gasteiger partial charge is 0.328 e. The molecule has 0 bridgehead atoms. The number of piperidine rings is 1. The van der Waals surface area contributed by atoms with Crippen molar-refractivity contribution in [3.8, 4) is 0 Å². The van der Waals surface area contributed by atoms with Crippen LogP contribution < -0.4 is 0 Å². The maximum Gasteiger partial charge on any atom is 0.328 e. The predicted molar refractivity (Wildman–Crippen MR) is 98.5 cm³/mol. The normalized spacial score (nSPS) is 17.5. The first-order chi connectivity index (χ1) is 12.2. The van der Waals surface area contributed by atoms with Crippen LogP contribution >= 0.6 is 11.8 Å². The van der Waals surface area contributed by atoms with E-state index < -0.39 is 6.04 Å². The maximum absolute atomic E-state index is 12.6. The molecule has 1 aliphatic rings. The van der Waals surface area contributed by atoms with Crippen LogP contribution in [-0.4, -0.2) is 46.7 Å². The average Bonchev–Trinajstić information content (AvgIpc) is 2.66. The summed E-state index contributed by atoms with van der Waals surface area (Å²) in [6.45, 7) is 2.75. The number of likely N-dealkylation sites (tertiary alicyclic amines) is 1. The second kappa shape index (κ2) is 8.34. The summed E-state index contributed by atoms with van der Waals surface area (Å²) in [7, 11) is 0. The van der Waals surface area contributed by atoms with Gasteiger partial charge in [-0.2, -0.15) is 0 Å². The molecule has 0 radical (unpaired) electrons. The molecule has 5 nitrogen and oxygen atoms in total. The number of amides is 1. The zero-order valence-corrected chi connectivity index (χ0v) is 15.1. The van der Waals surface area contributed by atoms with Crippen LogP contribution in [0.5, 0.6) is 0 Å². The predicted octanol–water partition coefficient (Wildman–Crippen LogP) is 3.27. The Labute approximate surface area is 151 Å². The van der Waals surface area contributed by atoms with E-state index in [0.717, 1.165) is 28.8 Å². The number of benzene rings is 1. The van der Waals surface area contributed by atoms with Crippen LogP contribution in [0, 0.1) is 0 Å². The first kappa shape index (κ1) is 17.7. The van der Waals surface area contributed by atoms with E-state index in [1.807, 2.05) is 36.4 Å². The van der Waals surface area contributed by atoms with Crippen molar-refractivity contribution in [2.45, 2.75) is 37.3 Å². The van der Waals surface area contributed by atoms with Gasteiger partial charge in [0.05, 0.1) is 22.9 Å². The maximum atomic E-state index is 12.6. The molecule has 0 N–H and O–H groups in total. The quantitative estimate of drug-likeness (QED) is 0.606. The number of hydrogen-bond acceptors (Lipinski definition) is 5. The summed E-state index contributed by atoms with van der Waals surface area (Å²) in [6.07, 6.45) is 2.57. The highest BCUT2D eigenvalue weighted by Gasteiger charge is 2.32. The summed E-state index contributed by atoms with van der Waals surface area (Å²) in [5.41, 5.74) is 0.919. The van der Waals surface area contributed by atoms with Crippen LogP contribution in [0.25, 0.3) is 10.9 Å². The van der Waals surface area contributed by atoms with E-state index in [4.69, 9.17) is 4.74 Å². The minimum Gasteiger partial charge on any atom is -0.464 e. The molecule has 1 amide bonds. The number of fused-ring (bicyclic) bond motifs is 1. The highest BCUT2D eigenvalue weighted by atomic mass is 32.2. The fraction of sp³-hybridized carbons (Fsp3) is 0.421. The molecule has 2 heterocycles.